The van der Waals surface area contributed by atoms with Crippen LogP contribution in [0.3, 0.4) is 0 Å². The number of hydrogen-bond donors (Lipinski definition) is 0. The first-order valence-corrected chi connectivity index (χ1v) is 10.9. The Labute approximate surface area is 180 Å². The van der Waals surface area contributed by atoms with Crippen LogP contribution in [0.5, 0.6) is 5.75 Å². The number of nitrogens with zero attached hydrogens (tertiary/aromatic N) is 3. The summed E-state index contributed by atoms with van der Waals surface area (Å²) < 4.78 is 11.2. The number of carbonyl (C=O) groups excluding carboxylic acids is 1. The Balaban J connectivity index is 1.60. The lowest BCUT2D eigenvalue weighted by atomic mass is 10.1. The third-order valence-electron chi connectivity index (χ3n) is 5.12. The van der Waals surface area contributed by atoms with Gasteiger partial charge in [-0.2, -0.15) is 0 Å². The molecule has 156 valence electrons. The van der Waals surface area contributed by atoms with Gasteiger partial charge in [0.25, 0.3) is 5.91 Å². The van der Waals surface area contributed by atoms with Gasteiger partial charge in [0, 0.05) is 25.9 Å². The maximum Gasteiger partial charge on any atom is 0.266 e. The van der Waals surface area contributed by atoms with Gasteiger partial charge in [-0.25, -0.2) is 4.98 Å². The van der Waals surface area contributed by atoms with Gasteiger partial charge >= 0.3 is 0 Å². The molecule has 6 nitrogen and oxygen atoms in total. The number of carbonyl (C=O) groups is 1. The monoisotopic (exact) mass is 423 g/mol. The van der Waals surface area contributed by atoms with Crippen molar-refractivity contribution in [2.24, 2.45) is 0 Å². The average molecular weight is 424 g/mol. The molecule has 0 N–H and O–H groups in total. The van der Waals surface area contributed by atoms with Crippen molar-refractivity contribution in [3.8, 4) is 16.5 Å². The first-order valence-electron chi connectivity index (χ1n) is 10.1. The van der Waals surface area contributed by atoms with E-state index in [4.69, 9.17) is 9.47 Å². The quantitative estimate of drug-likeness (QED) is 0.566. The van der Waals surface area contributed by atoms with Crippen molar-refractivity contribution >= 4 is 17.2 Å². The predicted octanol–water partition coefficient (Wildman–Crippen LogP) is 4.34. The van der Waals surface area contributed by atoms with Gasteiger partial charge in [-0.3, -0.25) is 9.78 Å². The minimum Gasteiger partial charge on any atom is -0.497 e. The highest BCUT2D eigenvalue weighted by Crippen LogP contribution is 2.28. The van der Waals surface area contributed by atoms with E-state index in [1.807, 2.05) is 54.3 Å². The van der Waals surface area contributed by atoms with Gasteiger partial charge in [-0.1, -0.05) is 18.2 Å². The van der Waals surface area contributed by atoms with Crippen molar-refractivity contribution in [2.45, 2.75) is 32.4 Å². The standard InChI is InChI=1S/C23H25N3O3S/c1-16-21(30-22(25-16)20-10-3-4-11-24-20)23(27)26(15-19-9-6-12-29-19)14-17-7-5-8-18(13-17)28-2/h3-5,7-8,10-11,13,19H,6,9,12,14-15H2,1-2H3. The van der Waals surface area contributed by atoms with Crippen molar-refractivity contribution in [3.05, 3.63) is 64.8 Å². The summed E-state index contributed by atoms with van der Waals surface area (Å²) in [5.41, 5.74) is 2.53. The number of aromatic nitrogens is 2. The van der Waals surface area contributed by atoms with Gasteiger partial charge in [0.05, 0.1) is 24.6 Å². The zero-order valence-corrected chi connectivity index (χ0v) is 18.0. The Kier molecular flexibility index (Phi) is 6.40. The number of amides is 1. The largest absolute Gasteiger partial charge is 0.497 e. The van der Waals surface area contributed by atoms with Crippen LogP contribution < -0.4 is 4.74 Å². The Morgan fingerprint density at radius 1 is 1.30 bits per heavy atom. The maximum atomic E-state index is 13.5. The molecule has 1 aromatic carbocycles. The van der Waals surface area contributed by atoms with E-state index < -0.39 is 0 Å². The molecule has 0 bridgehead atoms. The highest BCUT2D eigenvalue weighted by molar-refractivity contribution is 7.17. The number of aryl methyl sites for hydroxylation is 1. The Morgan fingerprint density at radius 2 is 2.20 bits per heavy atom. The second kappa shape index (κ2) is 9.36. The van der Waals surface area contributed by atoms with Crippen molar-refractivity contribution < 1.29 is 14.3 Å². The summed E-state index contributed by atoms with van der Waals surface area (Å²) in [5.74, 6) is 0.758. The van der Waals surface area contributed by atoms with E-state index in [9.17, 15) is 4.79 Å². The zero-order valence-electron chi connectivity index (χ0n) is 17.2. The van der Waals surface area contributed by atoms with E-state index in [0.29, 0.717) is 18.0 Å². The van der Waals surface area contributed by atoms with Gasteiger partial charge in [0.15, 0.2) is 0 Å². The first-order chi connectivity index (χ1) is 14.6. The summed E-state index contributed by atoms with van der Waals surface area (Å²) >= 11 is 1.39. The summed E-state index contributed by atoms with van der Waals surface area (Å²) in [6, 6.07) is 13.5. The van der Waals surface area contributed by atoms with E-state index in [-0.39, 0.29) is 12.0 Å². The van der Waals surface area contributed by atoms with Crippen molar-refractivity contribution in [3.63, 3.8) is 0 Å². The Morgan fingerprint density at radius 3 is 2.93 bits per heavy atom. The van der Waals surface area contributed by atoms with Gasteiger partial charge in [0.1, 0.15) is 15.6 Å². The molecule has 1 unspecified atom stereocenters. The molecule has 0 radical (unpaired) electrons. The molecule has 1 saturated heterocycles. The third kappa shape index (κ3) is 4.68. The summed E-state index contributed by atoms with van der Waals surface area (Å²) in [4.78, 5) is 25.0. The van der Waals surface area contributed by atoms with Crippen molar-refractivity contribution in [1.82, 2.24) is 14.9 Å². The Hall–Kier alpha value is -2.77. The number of rotatable bonds is 7. The molecule has 2 aromatic heterocycles. The fourth-order valence-corrected chi connectivity index (χ4v) is 4.59. The van der Waals surface area contributed by atoms with Crippen molar-refractivity contribution in [1.29, 1.82) is 0 Å². The highest BCUT2D eigenvalue weighted by Gasteiger charge is 2.27. The molecule has 0 saturated carbocycles. The third-order valence-corrected chi connectivity index (χ3v) is 6.29. The predicted molar refractivity (Wildman–Crippen MR) is 117 cm³/mol. The molecule has 1 atom stereocenters. The topological polar surface area (TPSA) is 64.6 Å². The van der Waals surface area contributed by atoms with E-state index in [1.165, 1.54) is 11.3 Å². The molecule has 3 heterocycles. The molecular weight excluding hydrogens is 398 g/mol. The van der Waals surface area contributed by atoms with Crippen LogP contribution in [0.2, 0.25) is 0 Å². The fourth-order valence-electron chi connectivity index (χ4n) is 3.58. The highest BCUT2D eigenvalue weighted by atomic mass is 32.1. The van der Waals surface area contributed by atoms with Crippen LogP contribution in [0.1, 0.15) is 33.8 Å². The smallest absolute Gasteiger partial charge is 0.266 e. The molecule has 30 heavy (non-hydrogen) atoms. The molecule has 4 rings (SSSR count). The summed E-state index contributed by atoms with van der Waals surface area (Å²) in [7, 11) is 1.65. The fraction of sp³-hybridized carbons (Fsp3) is 0.348. The number of ether oxygens (including phenoxy) is 2. The number of thiazole rings is 1. The van der Waals surface area contributed by atoms with Gasteiger partial charge in [-0.05, 0) is 49.6 Å². The second-order valence-electron chi connectivity index (χ2n) is 7.32. The molecule has 3 aromatic rings. The molecule has 0 spiro atoms. The minimum absolute atomic E-state index is 0.0227. The number of pyridine rings is 1. The second-order valence-corrected chi connectivity index (χ2v) is 8.32. The van der Waals surface area contributed by atoms with Crippen LogP contribution >= 0.6 is 11.3 Å². The summed E-state index contributed by atoms with van der Waals surface area (Å²) in [6.45, 7) is 3.69. The van der Waals surface area contributed by atoms with Crippen LogP contribution in [0.4, 0.5) is 0 Å². The lowest BCUT2D eigenvalue weighted by molar-refractivity contribution is 0.0510. The normalized spacial score (nSPS) is 15.9. The van der Waals surface area contributed by atoms with Crippen LogP contribution in [0.25, 0.3) is 10.7 Å². The van der Waals surface area contributed by atoms with Gasteiger partial charge < -0.3 is 14.4 Å². The van der Waals surface area contributed by atoms with Crippen LogP contribution in [0.15, 0.2) is 48.7 Å². The number of benzene rings is 1. The van der Waals surface area contributed by atoms with E-state index in [1.54, 1.807) is 13.3 Å². The zero-order chi connectivity index (χ0) is 20.9. The van der Waals surface area contributed by atoms with Gasteiger partial charge in [-0.15, -0.1) is 11.3 Å². The SMILES string of the molecule is COc1cccc(CN(CC2CCCO2)C(=O)c2sc(-c3ccccn3)nc2C)c1. The van der Waals surface area contributed by atoms with Crippen LogP contribution in [-0.2, 0) is 11.3 Å². The lowest BCUT2D eigenvalue weighted by Crippen LogP contribution is -2.36. The maximum absolute atomic E-state index is 13.5. The lowest BCUT2D eigenvalue weighted by Gasteiger charge is -2.25. The molecule has 1 fully saturated rings. The number of hydrogen-bond acceptors (Lipinski definition) is 6. The molecule has 7 heteroatoms. The molecule has 1 amide bonds. The molecule has 0 aliphatic carbocycles. The first kappa shape index (κ1) is 20.5. The summed E-state index contributed by atoms with van der Waals surface area (Å²) in [6.07, 6.45) is 3.82. The van der Waals surface area contributed by atoms with Crippen LogP contribution in [-0.4, -0.2) is 47.1 Å². The van der Waals surface area contributed by atoms with E-state index in [0.717, 1.165) is 47.2 Å². The minimum atomic E-state index is -0.0227. The molecule has 1 aliphatic rings. The summed E-state index contributed by atoms with van der Waals surface area (Å²) in [5, 5.41) is 0.759. The Bertz CT molecular complexity index is 1000. The number of methoxy groups -OCH3 is 1. The van der Waals surface area contributed by atoms with Crippen LogP contribution in [0, 0.1) is 6.92 Å². The van der Waals surface area contributed by atoms with E-state index >= 15 is 0 Å². The van der Waals surface area contributed by atoms with Gasteiger partial charge in [0.2, 0.25) is 0 Å². The van der Waals surface area contributed by atoms with Crippen molar-refractivity contribution in [2.75, 3.05) is 20.3 Å². The molecular formula is C23H25N3O3S. The average Bonchev–Trinajstić information content (AvgIpc) is 3.43. The van der Waals surface area contributed by atoms with E-state index in [2.05, 4.69) is 9.97 Å². The molecule has 1 aliphatic heterocycles.